The van der Waals surface area contributed by atoms with Gasteiger partial charge in [-0.3, -0.25) is 0 Å². The van der Waals surface area contributed by atoms with Crippen LogP contribution in [0.25, 0.3) is 0 Å². The second-order valence-electron chi connectivity index (χ2n) is 7.20. The molecule has 2 aromatic rings. The predicted octanol–water partition coefficient (Wildman–Crippen LogP) is 6.43. The van der Waals surface area contributed by atoms with Crippen molar-refractivity contribution in [2.45, 2.75) is 63.6 Å². The van der Waals surface area contributed by atoms with Crippen molar-refractivity contribution in [3.63, 3.8) is 0 Å². The quantitative estimate of drug-likeness (QED) is 0.442. The highest BCUT2D eigenvalue weighted by Gasteiger charge is 2.22. The molecule has 0 atom stereocenters. The van der Waals surface area contributed by atoms with Crippen molar-refractivity contribution >= 4 is 8.80 Å². The van der Waals surface area contributed by atoms with Crippen molar-refractivity contribution in [3.05, 3.63) is 70.8 Å². The lowest BCUT2D eigenvalue weighted by molar-refractivity contribution is 0.606. The van der Waals surface area contributed by atoms with Gasteiger partial charge in [0.2, 0.25) is 0 Å². The minimum Gasteiger partial charge on any atom is -0.0657 e. The molecule has 0 amide bonds. The Hall–Kier alpha value is -1.78. The Labute approximate surface area is 155 Å². The molecule has 0 N–H and O–H groups in total. The number of hydrogen-bond donors (Lipinski definition) is 0. The minimum absolute atomic E-state index is 0.0127. The van der Waals surface area contributed by atoms with Gasteiger partial charge >= 0.3 is 0 Å². The van der Waals surface area contributed by atoms with Crippen LogP contribution in [0, 0.1) is 11.8 Å². The Morgan fingerprint density at radius 2 is 1.40 bits per heavy atom. The van der Waals surface area contributed by atoms with Gasteiger partial charge in [-0.15, -0.1) is 0 Å². The minimum atomic E-state index is -0.0127. The van der Waals surface area contributed by atoms with Crippen LogP contribution in [-0.2, 0) is 6.42 Å². The van der Waals surface area contributed by atoms with E-state index in [1.54, 1.807) is 0 Å². The lowest BCUT2D eigenvalue weighted by atomic mass is 9.93. The van der Waals surface area contributed by atoms with E-state index in [1.807, 2.05) is 0 Å². The van der Waals surface area contributed by atoms with E-state index in [9.17, 15) is 0 Å². The highest BCUT2D eigenvalue weighted by molar-refractivity contribution is 6.59. The summed E-state index contributed by atoms with van der Waals surface area (Å²) in [6.45, 7) is 4.52. The number of aryl methyl sites for hydroxylation is 1. The molecule has 1 aliphatic rings. The Balaban J connectivity index is 1.60. The summed E-state index contributed by atoms with van der Waals surface area (Å²) >= 11 is 0. The molecule has 129 valence electrons. The smallest absolute Gasteiger partial charge is 0.0479 e. The van der Waals surface area contributed by atoms with Gasteiger partial charge in [-0.2, -0.15) is 0 Å². The zero-order valence-corrected chi connectivity index (χ0v) is 16.6. The molecule has 1 heterocycles. The molecule has 0 unspecified atom stereocenters. The first-order valence-electron chi connectivity index (χ1n) is 9.83. The first-order valence-corrected chi connectivity index (χ1v) is 11.9. The SMILES string of the molecule is CCC[Si]1CCC(c2ccc(C#Cc3ccc(CC)cc3)cc2)CC1. The third kappa shape index (κ3) is 5.09. The molecule has 0 aliphatic carbocycles. The summed E-state index contributed by atoms with van der Waals surface area (Å²) < 4.78 is 0. The lowest BCUT2D eigenvalue weighted by Gasteiger charge is -2.27. The van der Waals surface area contributed by atoms with Crippen LogP contribution in [0.1, 0.15) is 61.3 Å². The molecule has 0 saturated carbocycles. The average Bonchev–Trinajstić information content (AvgIpc) is 2.68. The van der Waals surface area contributed by atoms with E-state index in [0.717, 1.165) is 23.5 Å². The summed E-state index contributed by atoms with van der Waals surface area (Å²) in [4.78, 5) is 0. The molecule has 1 saturated heterocycles. The second kappa shape index (κ2) is 9.06. The molecule has 1 fully saturated rings. The molecule has 1 aliphatic heterocycles. The van der Waals surface area contributed by atoms with Crippen LogP contribution in [0.3, 0.4) is 0 Å². The zero-order chi connectivity index (χ0) is 17.5. The summed E-state index contributed by atoms with van der Waals surface area (Å²) in [6.07, 6.45) is 5.27. The Morgan fingerprint density at radius 3 is 1.92 bits per heavy atom. The maximum Gasteiger partial charge on any atom is 0.0479 e. The van der Waals surface area contributed by atoms with Crippen LogP contribution in [0.5, 0.6) is 0 Å². The van der Waals surface area contributed by atoms with E-state index in [0.29, 0.717) is 0 Å². The fraction of sp³-hybridized carbons (Fsp3) is 0.417. The fourth-order valence-corrected chi connectivity index (χ4v) is 6.74. The van der Waals surface area contributed by atoms with Crippen molar-refractivity contribution in [3.8, 4) is 11.8 Å². The first kappa shape index (κ1) is 18.0. The average molecular weight is 346 g/mol. The van der Waals surface area contributed by atoms with Crippen LogP contribution >= 0.6 is 0 Å². The topological polar surface area (TPSA) is 0 Å². The molecule has 0 aromatic heterocycles. The van der Waals surface area contributed by atoms with Crippen molar-refractivity contribution in [1.29, 1.82) is 0 Å². The highest BCUT2D eigenvalue weighted by atomic mass is 28.3. The molecule has 3 rings (SSSR count). The Bertz CT molecular complexity index is 707. The van der Waals surface area contributed by atoms with E-state index in [1.165, 1.54) is 48.5 Å². The van der Waals surface area contributed by atoms with Gasteiger partial charge in [0.1, 0.15) is 0 Å². The first-order chi connectivity index (χ1) is 12.3. The van der Waals surface area contributed by atoms with Crippen molar-refractivity contribution in [1.82, 2.24) is 0 Å². The summed E-state index contributed by atoms with van der Waals surface area (Å²) in [7, 11) is -0.0127. The van der Waals surface area contributed by atoms with Crippen LogP contribution in [0.4, 0.5) is 0 Å². The highest BCUT2D eigenvalue weighted by Crippen LogP contribution is 2.34. The van der Waals surface area contributed by atoms with Crippen molar-refractivity contribution in [2.75, 3.05) is 0 Å². The van der Waals surface area contributed by atoms with Crippen molar-refractivity contribution < 1.29 is 0 Å². The molecule has 25 heavy (non-hydrogen) atoms. The molecule has 2 aromatic carbocycles. The normalized spacial score (nSPS) is 15.6. The zero-order valence-electron chi connectivity index (χ0n) is 15.6. The number of hydrogen-bond acceptors (Lipinski definition) is 0. The van der Waals surface area contributed by atoms with Gasteiger partial charge in [-0.1, -0.05) is 74.5 Å². The van der Waals surface area contributed by atoms with Gasteiger partial charge in [0.15, 0.2) is 0 Å². The maximum atomic E-state index is 3.31. The molecule has 1 radical (unpaired) electrons. The van der Waals surface area contributed by atoms with Crippen molar-refractivity contribution in [2.24, 2.45) is 0 Å². The van der Waals surface area contributed by atoms with E-state index in [4.69, 9.17) is 0 Å². The lowest BCUT2D eigenvalue weighted by Crippen LogP contribution is -2.19. The fourth-order valence-electron chi connectivity index (χ4n) is 3.77. The largest absolute Gasteiger partial charge is 0.0657 e. The Morgan fingerprint density at radius 1 is 0.840 bits per heavy atom. The molecule has 0 bridgehead atoms. The van der Waals surface area contributed by atoms with Crippen LogP contribution < -0.4 is 0 Å². The number of benzene rings is 2. The molecular weight excluding hydrogens is 316 g/mol. The third-order valence-corrected chi connectivity index (χ3v) is 8.59. The van der Waals surface area contributed by atoms with E-state index >= 15 is 0 Å². The van der Waals surface area contributed by atoms with E-state index in [2.05, 4.69) is 74.2 Å². The predicted molar refractivity (Wildman–Crippen MR) is 111 cm³/mol. The van der Waals surface area contributed by atoms with Crippen LogP contribution in [0.15, 0.2) is 48.5 Å². The maximum absolute atomic E-state index is 3.31. The summed E-state index contributed by atoms with van der Waals surface area (Å²) in [5.74, 6) is 7.38. The van der Waals surface area contributed by atoms with E-state index < -0.39 is 0 Å². The summed E-state index contributed by atoms with van der Waals surface area (Å²) in [5.41, 5.74) is 5.11. The van der Waals surface area contributed by atoms with Gasteiger partial charge in [0, 0.05) is 19.9 Å². The van der Waals surface area contributed by atoms with Gasteiger partial charge in [-0.25, -0.2) is 0 Å². The van der Waals surface area contributed by atoms with Gasteiger partial charge in [0.05, 0.1) is 0 Å². The Kier molecular flexibility index (Phi) is 6.53. The molecule has 0 nitrogen and oxygen atoms in total. The van der Waals surface area contributed by atoms with E-state index in [-0.39, 0.29) is 8.80 Å². The third-order valence-electron chi connectivity index (χ3n) is 5.39. The number of rotatable bonds is 4. The van der Waals surface area contributed by atoms with Crippen LogP contribution in [0.2, 0.25) is 18.1 Å². The second-order valence-corrected chi connectivity index (χ2v) is 10.2. The van der Waals surface area contributed by atoms with Crippen LogP contribution in [-0.4, -0.2) is 8.80 Å². The summed E-state index contributed by atoms with van der Waals surface area (Å²) in [5, 5.41) is 0. The standard InChI is InChI=1S/C24H29Si/c1-3-17-25-18-15-24(16-19-25)23-13-11-22(12-14-23)10-9-21-7-5-20(4-2)6-8-21/h5-8,11-14,24H,3-4,15-19H2,1-2H3. The molecular formula is C24H29Si. The monoisotopic (exact) mass is 345 g/mol. The van der Waals surface area contributed by atoms with Gasteiger partial charge in [-0.05, 0) is 60.6 Å². The molecule has 1 heteroatoms. The molecule has 0 spiro atoms. The summed E-state index contributed by atoms with van der Waals surface area (Å²) in [6, 6.07) is 22.2. The van der Waals surface area contributed by atoms with Gasteiger partial charge in [0.25, 0.3) is 0 Å². The van der Waals surface area contributed by atoms with Gasteiger partial charge < -0.3 is 0 Å².